The van der Waals surface area contributed by atoms with Crippen molar-refractivity contribution in [3.8, 4) is 0 Å². The molecule has 0 amide bonds. The number of nitrogens with zero attached hydrogens (tertiary/aromatic N) is 1. The molecule has 2 aliphatic rings. The molecule has 0 radical (unpaired) electrons. The molecule has 1 heterocycles. The SMILES string of the molecule is Cc1ccccc1C(C(C)N)N1CCCC2CCCC21. The van der Waals surface area contributed by atoms with E-state index in [1.54, 1.807) is 0 Å². The van der Waals surface area contributed by atoms with Crippen LogP contribution in [0, 0.1) is 12.8 Å². The maximum atomic E-state index is 6.41. The van der Waals surface area contributed by atoms with E-state index in [1.165, 1.54) is 49.8 Å². The summed E-state index contributed by atoms with van der Waals surface area (Å²) in [6, 6.07) is 10.2. The van der Waals surface area contributed by atoms with Gasteiger partial charge in [0.1, 0.15) is 0 Å². The van der Waals surface area contributed by atoms with Gasteiger partial charge in [0.25, 0.3) is 0 Å². The topological polar surface area (TPSA) is 29.3 Å². The van der Waals surface area contributed by atoms with Crippen molar-refractivity contribution in [2.45, 2.75) is 64.1 Å². The summed E-state index contributed by atoms with van der Waals surface area (Å²) in [5, 5.41) is 0. The second kappa shape index (κ2) is 5.87. The Hall–Kier alpha value is -0.860. The highest BCUT2D eigenvalue weighted by Crippen LogP contribution is 2.41. The largest absolute Gasteiger partial charge is 0.326 e. The van der Waals surface area contributed by atoms with Gasteiger partial charge >= 0.3 is 0 Å². The Morgan fingerprint density at radius 2 is 1.90 bits per heavy atom. The first-order valence-electron chi connectivity index (χ1n) is 8.25. The second-order valence-electron chi connectivity index (χ2n) is 6.80. The van der Waals surface area contributed by atoms with Gasteiger partial charge in [-0.2, -0.15) is 0 Å². The molecule has 4 unspecified atom stereocenters. The Balaban J connectivity index is 1.92. The molecule has 1 saturated carbocycles. The number of rotatable bonds is 3. The predicted molar refractivity (Wildman–Crippen MR) is 84.6 cm³/mol. The van der Waals surface area contributed by atoms with Crippen LogP contribution in [-0.4, -0.2) is 23.5 Å². The van der Waals surface area contributed by atoms with Crippen molar-refractivity contribution in [3.05, 3.63) is 35.4 Å². The molecule has 1 aromatic carbocycles. The van der Waals surface area contributed by atoms with Crippen molar-refractivity contribution in [2.24, 2.45) is 11.7 Å². The molecule has 1 aromatic rings. The molecular formula is C18H28N2. The summed E-state index contributed by atoms with van der Waals surface area (Å²) in [6.45, 7) is 5.62. The van der Waals surface area contributed by atoms with E-state index in [1.807, 2.05) is 0 Å². The number of hydrogen-bond acceptors (Lipinski definition) is 2. The first kappa shape index (κ1) is 14.1. The second-order valence-corrected chi connectivity index (χ2v) is 6.80. The fourth-order valence-electron chi connectivity index (χ4n) is 4.52. The highest BCUT2D eigenvalue weighted by Gasteiger charge is 2.39. The van der Waals surface area contributed by atoms with Crippen LogP contribution in [0.4, 0.5) is 0 Å². The first-order chi connectivity index (χ1) is 9.68. The summed E-state index contributed by atoms with van der Waals surface area (Å²) in [4.78, 5) is 2.74. The molecule has 1 saturated heterocycles. The van der Waals surface area contributed by atoms with Crippen LogP contribution < -0.4 is 5.73 Å². The monoisotopic (exact) mass is 272 g/mol. The maximum absolute atomic E-state index is 6.41. The third kappa shape index (κ3) is 2.51. The zero-order valence-corrected chi connectivity index (χ0v) is 12.9. The minimum Gasteiger partial charge on any atom is -0.326 e. The number of hydrogen-bond donors (Lipinski definition) is 1. The molecule has 20 heavy (non-hydrogen) atoms. The van der Waals surface area contributed by atoms with Crippen molar-refractivity contribution in [1.29, 1.82) is 0 Å². The van der Waals surface area contributed by atoms with Crippen molar-refractivity contribution in [2.75, 3.05) is 6.54 Å². The summed E-state index contributed by atoms with van der Waals surface area (Å²) in [5.41, 5.74) is 9.23. The molecule has 110 valence electrons. The molecule has 4 atom stereocenters. The summed E-state index contributed by atoms with van der Waals surface area (Å²) in [5.74, 6) is 0.925. The van der Waals surface area contributed by atoms with Crippen LogP contribution in [0.3, 0.4) is 0 Å². The number of likely N-dealkylation sites (tertiary alicyclic amines) is 1. The lowest BCUT2D eigenvalue weighted by Crippen LogP contribution is -2.49. The Kier molecular flexibility index (Phi) is 4.13. The standard InChI is InChI=1S/C18H28N2/c1-13-7-3-4-10-16(13)18(14(2)19)20-12-6-9-15-8-5-11-17(15)20/h3-4,7,10,14-15,17-18H,5-6,8-9,11-12,19H2,1-2H3. The number of aryl methyl sites for hydroxylation is 1. The Morgan fingerprint density at radius 3 is 2.65 bits per heavy atom. The van der Waals surface area contributed by atoms with Gasteiger partial charge in [-0.15, -0.1) is 0 Å². The van der Waals surface area contributed by atoms with E-state index in [-0.39, 0.29) is 6.04 Å². The number of fused-ring (bicyclic) bond motifs is 1. The molecule has 2 heteroatoms. The molecule has 2 N–H and O–H groups in total. The van der Waals surface area contributed by atoms with E-state index in [4.69, 9.17) is 5.73 Å². The summed E-state index contributed by atoms with van der Waals surface area (Å²) in [6.07, 6.45) is 6.99. The van der Waals surface area contributed by atoms with Gasteiger partial charge in [0.05, 0.1) is 6.04 Å². The van der Waals surface area contributed by atoms with Gasteiger partial charge in [-0.05, 0) is 63.1 Å². The normalized spacial score (nSPS) is 29.9. The van der Waals surface area contributed by atoms with E-state index >= 15 is 0 Å². The predicted octanol–water partition coefficient (Wildman–Crippen LogP) is 3.65. The van der Waals surface area contributed by atoms with Crippen molar-refractivity contribution in [1.82, 2.24) is 4.90 Å². The van der Waals surface area contributed by atoms with Crippen LogP contribution in [0.2, 0.25) is 0 Å². The van der Waals surface area contributed by atoms with E-state index in [2.05, 4.69) is 43.0 Å². The smallest absolute Gasteiger partial charge is 0.0502 e. The quantitative estimate of drug-likeness (QED) is 0.910. The third-order valence-electron chi connectivity index (χ3n) is 5.40. The fraction of sp³-hybridized carbons (Fsp3) is 0.667. The van der Waals surface area contributed by atoms with Gasteiger partial charge in [0, 0.05) is 12.1 Å². The Labute approximate surface area is 123 Å². The van der Waals surface area contributed by atoms with Crippen LogP contribution in [0.1, 0.15) is 56.2 Å². The number of benzene rings is 1. The van der Waals surface area contributed by atoms with Crippen LogP contribution >= 0.6 is 0 Å². The summed E-state index contributed by atoms with van der Waals surface area (Å²) >= 11 is 0. The van der Waals surface area contributed by atoms with E-state index < -0.39 is 0 Å². The van der Waals surface area contributed by atoms with Gasteiger partial charge in [-0.1, -0.05) is 30.7 Å². The lowest BCUT2D eigenvalue weighted by Gasteiger charge is -2.45. The molecule has 2 nitrogen and oxygen atoms in total. The lowest BCUT2D eigenvalue weighted by atomic mass is 9.86. The zero-order valence-electron chi connectivity index (χ0n) is 12.9. The molecule has 1 aliphatic carbocycles. The molecule has 0 aromatic heterocycles. The number of piperidine rings is 1. The molecule has 2 fully saturated rings. The highest BCUT2D eigenvalue weighted by atomic mass is 15.2. The minimum absolute atomic E-state index is 0.190. The molecule has 1 aliphatic heterocycles. The Morgan fingerprint density at radius 1 is 1.15 bits per heavy atom. The van der Waals surface area contributed by atoms with Gasteiger partial charge in [-0.25, -0.2) is 0 Å². The number of nitrogens with two attached hydrogens (primary N) is 1. The van der Waals surface area contributed by atoms with E-state index in [9.17, 15) is 0 Å². The van der Waals surface area contributed by atoms with Crippen LogP contribution in [-0.2, 0) is 0 Å². The van der Waals surface area contributed by atoms with Crippen molar-refractivity contribution in [3.63, 3.8) is 0 Å². The highest BCUT2D eigenvalue weighted by molar-refractivity contribution is 5.30. The Bertz CT molecular complexity index is 454. The minimum atomic E-state index is 0.190. The summed E-state index contributed by atoms with van der Waals surface area (Å²) in [7, 11) is 0. The average Bonchev–Trinajstić information content (AvgIpc) is 2.90. The van der Waals surface area contributed by atoms with Gasteiger partial charge in [-0.3, -0.25) is 4.90 Å². The van der Waals surface area contributed by atoms with Gasteiger partial charge in [0.2, 0.25) is 0 Å². The third-order valence-corrected chi connectivity index (χ3v) is 5.40. The molecular weight excluding hydrogens is 244 g/mol. The van der Waals surface area contributed by atoms with Crippen LogP contribution in [0.5, 0.6) is 0 Å². The van der Waals surface area contributed by atoms with E-state index in [0.29, 0.717) is 6.04 Å². The first-order valence-corrected chi connectivity index (χ1v) is 8.25. The van der Waals surface area contributed by atoms with Crippen LogP contribution in [0.25, 0.3) is 0 Å². The van der Waals surface area contributed by atoms with Crippen molar-refractivity contribution < 1.29 is 0 Å². The lowest BCUT2D eigenvalue weighted by molar-refractivity contribution is 0.0568. The van der Waals surface area contributed by atoms with Crippen LogP contribution in [0.15, 0.2) is 24.3 Å². The van der Waals surface area contributed by atoms with E-state index in [0.717, 1.165) is 12.0 Å². The molecule has 0 bridgehead atoms. The average molecular weight is 272 g/mol. The van der Waals surface area contributed by atoms with Gasteiger partial charge in [0.15, 0.2) is 0 Å². The maximum Gasteiger partial charge on any atom is 0.0502 e. The van der Waals surface area contributed by atoms with Crippen molar-refractivity contribution >= 4 is 0 Å². The van der Waals surface area contributed by atoms with Gasteiger partial charge < -0.3 is 5.73 Å². The molecule has 3 rings (SSSR count). The molecule has 0 spiro atoms. The summed E-state index contributed by atoms with van der Waals surface area (Å²) < 4.78 is 0. The fourth-order valence-corrected chi connectivity index (χ4v) is 4.52. The zero-order chi connectivity index (χ0) is 14.1.